The molecular weight excluding hydrogens is 454 g/mol. The summed E-state index contributed by atoms with van der Waals surface area (Å²) in [6, 6.07) is 8.70. The first-order chi connectivity index (χ1) is 16.5. The van der Waals surface area contributed by atoms with Crippen molar-refractivity contribution < 1.29 is 14.3 Å². The number of hydrogen-bond acceptors (Lipinski definition) is 7. The first-order valence-electron chi connectivity index (χ1n) is 10.8. The number of nitriles is 1. The molecule has 0 fully saturated rings. The molecule has 0 radical (unpaired) electrons. The number of urea groups is 1. The molecule has 3 rings (SSSR count). The molecule has 1 unspecified atom stereocenters. The van der Waals surface area contributed by atoms with Crippen molar-refractivity contribution in [3.63, 3.8) is 0 Å². The van der Waals surface area contributed by atoms with Crippen molar-refractivity contribution in [2.45, 2.75) is 32.5 Å². The van der Waals surface area contributed by atoms with Gasteiger partial charge in [-0.05, 0) is 31.0 Å². The van der Waals surface area contributed by atoms with E-state index >= 15 is 0 Å². The Morgan fingerprint density at radius 2 is 2.09 bits per heavy atom. The maximum Gasteiger partial charge on any atom is 0.324 e. The highest BCUT2D eigenvalue weighted by Gasteiger charge is 2.22. The summed E-state index contributed by atoms with van der Waals surface area (Å²) in [6.45, 7) is 3.68. The Morgan fingerprint density at radius 3 is 2.76 bits per heavy atom. The van der Waals surface area contributed by atoms with E-state index in [2.05, 4.69) is 26.7 Å². The lowest BCUT2D eigenvalue weighted by atomic mass is 10.1. The fourth-order valence-electron chi connectivity index (χ4n) is 2.97. The molecule has 1 atom stereocenters. The van der Waals surface area contributed by atoms with Gasteiger partial charge in [0, 0.05) is 39.1 Å². The number of benzene rings is 1. The van der Waals surface area contributed by atoms with Gasteiger partial charge in [0.2, 0.25) is 0 Å². The molecule has 3 aromatic rings. The number of ether oxygens (including phenoxy) is 1. The fraction of sp³-hybridized carbons (Fsp3) is 0.348. The quantitative estimate of drug-likeness (QED) is 0.406. The first kappa shape index (κ1) is 24.9. The van der Waals surface area contributed by atoms with Crippen LogP contribution < -0.4 is 15.5 Å². The van der Waals surface area contributed by atoms with Crippen LogP contribution >= 0.6 is 11.3 Å². The minimum absolute atomic E-state index is 0.152. The molecule has 34 heavy (non-hydrogen) atoms. The molecule has 2 heterocycles. The Labute approximate surface area is 202 Å². The van der Waals surface area contributed by atoms with Crippen molar-refractivity contribution in [1.29, 1.82) is 5.26 Å². The highest BCUT2D eigenvalue weighted by molar-refractivity contribution is 7.17. The van der Waals surface area contributed by atoms with Crippen molar-refractivity contribution in [1.82, 2.24) is 25.2 Å². The van der Waals surface area contributed by atoms with Gasteiger partial charge in [0.1, 0.15) is 4.88 Å². The molecule has 178 valence electrons. The summed E-state index contributed by atoms with van der Waals surface area (Å²) in [5.74, 6) is -0.235. The summed E-state index contributed by atoms with van der Waals surface area (Å²) >= 11 is 1.14. The Morgan fingerprint density at radius 1 is 1.29 bits per heavy atom. The van der Waals surface area contributed by atoms with Crippen LogP contribution in [0.3, 0.4) is 0 Å². The lowest BCUT2D eigenvalue weighted by Crippen LogP contribution is -2.42. The Balaban J connectivity index is 1.66. The van der Waals surface area contributed by atoms with Gasteiger partial charge in [-0.15, -0.1) is 0 Å². The van der Waals surface area contributed by atoms with Gasteiger partial charge in [0.05, 0.1) is 36.8 Å². The van der Waals surface area contributed by atoms with Crippen molar-refractivity contribution in [3.8, 4) is 6.07 Å². The lowest BCUT2D eigenvalue weighted by molar-refractivity contribution is 0.0956. The second kappa shape index (κ2) is 12.5. The number of carbonyl (C=O) groups is 2. The summed E-state index contributed by atoms with van der Waals surface area (Å²) in [5.41, 5.74) is 1.37. The number of aromatic nitrogens is 3. The van der Waals surface area contributed by atoms with Crippen molar-refractivity contribution in [3.05, 3.63) is 65.2 Å². The predicted octanol–water partition coefficient (Wildman–Crippen LogP) is 2.78. The highest BCUT2D eigenvalue weighted by atomic mass is 32.1. The molecule has 0 spiro atoms. The average molecular weight is 482 g/mol. The number of thiazole rings is 1. The van der Waals surface area contributed by atoms with E-state index in [1.54, 1.807) is 43.9 Å². The number of carbonyl (C=O) groups excluding carboxylic acids is 2. The molecule has 0 aliphatic carbocycles. The number of anilines is 1. The Kier molecular flexibility index (Phi) is 9.13. The van der Waals surface area contributed by atoms with Gasteiger partial charge in [-0.2, -0.15) is 5.26 Å². The molecule has 3 amide bonds. The van der Waals surface area contributed by atoms with Gasteiger partial charge in [-0.1, -0.05) is 23.5 Å². The van der Waals surface area contributed by atoms with Gasteiger partial charge in [-0.3, -0.25) is 9.69 Å². The SMILES string of the molecule is COC(C)CNC(=O)N(Cc1ccc(C#N)cc1)c1ncc(C(=O)NCCCn2ccnc2)s1. The van der Waals surface area contributed by atoms with Gasteiger partial charge in [0.15, 0.2) is 5.13 Å². The number of hydrogen-bond donors (Lipinski definition) is 2. The Hall–Kier alpha value is -3.75. The minimum Gasteiger partial charge on any atom is -0.380 e. The summed E-state index contributed by atoms with van der Waals surface area (Å²) < 4.78 is 7.15. The van der Waals surface area contributed by atoms with E-state index in [1.807, 2.05) is 17.7 Å². The molecule has 2 aromatic heterocycles. The van der Waals surface area contributed by atoms with Gasteiger partial charge < -0.3 is 19.9 Å². The fourth-order valence-corrected chi connectivity index (χ4v) is 3.80. The summed E-state index contributed by atoms with van der Waals surface area (Å²) in [6.07, 6.45) is 7.41. The van der Waals surface area contributed by atoms with E-state index < -0.39 is 0 Å². The second-order valence-corrected chi connectivity index (χ2v) is 8.55. The van der Waals surface area contributed by atoms with Crippen LogP contribution in [0.1, 0.15) is 34.1 Å². The molecule has 10 nitrogen and oxygen atoms in total. The maximum atomic E-state index is 13.0. The van der Waals surface area contributed by atoms with Crippen LogP contribution in [0.4, 0.5) is 9.93 Å². The number of methoxy groups -OCH3 is 1. The molecule has 1 aromatic carbocycles. The number of imidazole rings is 1. The van der Waals surface area contributed by atoms with Crippen molar-refractivity contribution in [2.75, 3.05) is 25.1 Å². The molecule has 0 saturated heterocycles. The van der Waals surface area contributed by atoms with E-state index in [9.17, 15) is 9.59 Å². The van der Waals surface area contributed by atoms with E-state index in [-0.39, 0.29) is 24.6 Å². The third kappa shape index (κ3) is 7.13. The predicted molar refractivity (Wildman–Crippen MR) is 129 cm³/mol. The monoisotopic (exact) mass is 481 g/mol. The van der Waals surface area contributed by atoms with Crippen LogP contribution in [-0.4, -0.2) is 52.8 Å². The third-order valence-corrected chi connectivity index (χ3v) is 6.02. The summed E-state index contributed by atoms with van der Waals surface area (Å²) in [4.78, 5) is 35.7. The zero-order valence-electron chi connectivity index (χ0n) is 19.1. The van der Waals surface area contributed by atoms with E-state index in [0.29, 0.717) is 28.7 Å². The Bertz CT molecular complexity index is 1110. The molecule has 0 aliphatic heterocycles. The number of amides is 3. The smallest absolute Gasteiger partial charge is 0.324 e. The van der Waals surface area contributed by atoms with E-state index in [1.165, 1.54) is 11.1 Å². The van der Waals surface area contributed by atoms with Crippen LogP contribution in [0.25, 0.3) is 0 Å². The first-order valence-corrected chi connectivity index (χ1v) is 11.6. The van der Waals surface area contributed by atoms with E-state index in [0.717, 1.165) is 29.9 Å². The number of aryl methyl sites for hydroxylation is 1. The zero-order chi connectivity index (χ0) is 24.3. The molecule has 0 bridgehead atoms. The molecule has 2 N–H and O–H groups in total. The molecule has 11 heteroatoms. The summed E-state index contributed by atoms with van der Waals surface area (Å²) in [7, 11) is 1.58. The van der Waals surface area contributed by atoms with Crippen molar-refractivity contribution >= 4 is 28.4 Å². The van der Waals surface area contributed by atoms with Gasteiger partial charge in [0.25, 0.3) is 5.91 Å². The van der Waals surface area contributed by atoms with Gasteiger partial charge in [-0.25, -0.2) is 14.8 Å². The van der Waals surface area contributed by atoms with Crippen molar-refractivity contribution in [2.24, 2.45) is 0 Å². The molecular formula is C23H27N7O3S. The number of nitrogens with zero attached hydrogens (tertiary/aromatic N) is 5. The van der Waals surface area contributed by atoms with E-state index in [4.69, 9.17) is 10.00 Å². The average Bonchev–Trinajstić information content (AvgIpc) is 3.56. The van der Waals surface area contributed by atoms with Crippen LogP contribution in [0.15, 0.2) is 49.2 Å². The summed E-state index contributed by atoms with van der Waals surface area (Å²) in [5, 5.41) is 15.1. The third-order valence-electron chi connectivity index (χ3n) is 5.00. The number of rotatable bonds is 11. The number of nitrogens with one attached hydrogen (secondary N) is 2. The largest absolute Gasteiger partial charge is 0.380 e. The molecule has 0 saturated carbocycles. The maximum absolute atomic E-state index is 13.0. The lowest BCUT2D eigenvalue weighted by Gasteiger charge is -2.21. The normalized spacial score (nSPS) is 11.4. The molecule has 0 aliphatic rings. The van der Waals surface area contributed by atoms with Crippen LogP contribution in [-0.2, 0) is 17.8 Å². The topological polar surface area (TPSA) is 125 Å². The minimum atomic E-state index is -0.352. The zero-order valence-corrected chi connectivity index (χ0v) is 19.9. The second-order valence-electron chi connectivity index (χ2n) is 7.54. The van der Waals surface area contributed by atoms with Crippen LogP contribution in [0, 0.1) is 11.3 Å². The van der Waals surface area contributed by atoms with Gasteiger partial charge >= 0.3 is 6.03 Å². The van der Waals surface area contributed by atoms with Crippen LogP contribution in [0.5, 0.6) is 0 Å². The highest BCUT2D eigenvalue weighted by Crippen LogP contribution is 2.24. The van der Waals surface area contributed by atoms with Crippen LogP contribution in [0.2, 0.25) is 0 Å². The standard InChI is InChI=1S/C23H27N7O3S/c1-17(33-2)13-27-22(32)30(15-19-6-4-18(12-24)5-7-19)23-28-14-20(34-23)21(31)26-8-3-10-29-11-9-25-16-29/h4-7,9,11,14,16-17H,3,8,10,13,15H2,1-2H3,(H,26,31)(H,27,32).